The van der Waals surface area contributed by atoms with Gasteiger partial charge in [0.2, 0.25) is 0 Å². The number of amidine groups is 1. The number of nitrogens with zero attached hydrogens (tertiary/aromatic N) is 1. The standard InChI is InChI=1S/C22H24N2O10S2/c1-10(25)30-9-16-17(31-11(2)26)18(32-12(3)27)19(33-13(4)28)21(34-16)36-22-23-15(20(29)24-22)8-14-6-5-7-35-14/h5-8,16-19,21H,9H2,1-4H3,(H,23,24,29). The first-order valence-electron chi connectivity index (χ1n) is 10.7. The second-order valence-corrected chi connectivity index (χ2v) is 9.67. The second-order valence-electron chi connectivity index (χ2n) is 7.60. The first kappa shape index (κ1) is 27.4. The zero-order valence-corrected chi connectivity index (χ0v) is 21.4. The largest absolute Gasteiger partial charge is 0.463 e. The zero-order chi connectivity index (χ0) is 26.4. The highest BCUT2D eigenvalue weighted by molar-refractivity contribution is 8.14. The quantitative estimate of drug-likeness (QED) is 0.303. The third-order valence-electron chi connectivity index (χ3n) is 4.67. The van der Waals surface area contributed by atoms with Gasteiger partial charge in [0.05, 0.1) is 0 Å². The fraction of sp³-hybridized carbons (Fsp3) is 0.455. The predicted octanol–water partition coefficient (Wildman–Crippen LogP) is 1.39. The molecule has 0 bridgehead atoms. The molecule has 194 valence electrons. The number of amides is 1. The third-order valence-corrected chi connectivity index (χ3v) is 6.52. The molecule has 3 heterocycles. The first-order chi connectivity index (χ1) is 17.0. The molecule has 0 saturated carbocycles. The summed E-state index contributed by atoms with van der Waals surface area (Å²) >= 11 is 2.33. The van der Waals surface area contributed by atoms with Gasteiger partial charge in [-0.05, 0) is 17.5 Å². The number of ether oxygens (including phenoxy) is 5. The molecule has 1 N–H and O–H groups in total. The van der Waals surface area contributed by atoms with Crippen LogP contribution in [0.1, 0.15) is 32.6 Å². The van der Waals surface area contributed by atoms with Gasteiger partial charge in [0.15, 0.2) is 28.9 Å². The van der Waals surface area contributed by atoms with Crippen molar-refractivity contribution in [3.8, 4) is 0 Å². The van der Waals surface area contributed by atoms with Crippen molar-refractivity contribution in [2.75, 3.05) is 6.61 Å². The highest BCUT2D eigenvalue weighted by atomic mass is 32.2. The summed E-state index contributed by atoms with van der Waals surface area (Å²) in [5.74, 6) is -3.25. The Morgan fingerprint density at radius 3 is 2.25 bits per heavy atom. The van der Waals surface area contributed by atoms with E-state index in [9.17, 15) is 24.0 Å². The molecule has 5 unspecified atom stereocenters. The molecule has 1 saturated heterocycles. The Kier molecular flexibility index (Phi) is 9.23. The summed E-state index contributed by atoms with van der Waals surface area (Å²) in [6.45, 7) is 4.26. The van der Waals surface area contributed by atoms with Crippen LogP contribution in [0.5, 0.6) is 0 Å². The van der Waals surface area contributed by atoms with Crippen LogP contribution < -0.4 is 5.32 Å². The normalized spacial score (nSPS) is 26.6. The van der Waals surface area contributed by atoms with Crippen LogP contribution in [0, 0.1) is 0 Å². The second kappa shape index (κ2) is 12.1. The van der Waals surface area contributed by atoms with Gasteiger partial charge in [-0.3, -0.25) is 29.3 Å². The Bertz CT molecular complexity index is 1080. The maximum absolute atomic E-state index is 12.4. The van der Waals surface area contributed by atoms with Crippen molar-refractivity contribution in [1.29, 1.82) is 0 Å². The Labute approximate surface area is 214 Å². The molecule has 36 heavy (non-hydrogen) atoms. The lowest BCUT2D eigenvalue weighted by atomic mass is 9.99. The third kappa shape index (κ3) is 7.38. The topological polar surface area (TPSA) is 156 Å². The van der Waals surface area contributed by atoms with Crippen LogP contribution in [0.4, 0.5) is 0 Å². The molecule has 0 aromatic carbocycles. The minimum Gasteiger partial charge on any atom is -0.463 e. The SMILES string of the molecule is CC(=O)OCC1OC(SC2=NC(=Cc3cccs3)C(=O)N2)C(OC(C)=O)C(OC(C)=O)C1OC(C)=O. The molecule has 1 aromatic rings. The van der Waals surface area contributed by atoms with Crippen molar-refractivity contribution in [2.24, 2.45) is 4.99 Å². The molecule has 2 aliphatic heterocycles. The number of hydrogen-bond acceptors (Lipinski definition) is 13. The Hall–Kier alpha value is -3.23. The lowest BCUT2D eigenvalue weighted by Gasteiger charge is -2.44. The van der Waals surface area contributed by atoms with Crippen LogP contribution in [0.15, 0.2) is 28.2 Å². The van der Waals surface area contributed by atoms with E-state index in [0.29, 0.717) is 0 Å². The van der Waals surface area contributed by atoms with E-state index in [-0.39, 0.29) is 17.5 Å². The number of thiophene rings is 1. The predicted molar refractivity (Wildman–Crippen MR) is 127 cm³/mol. The van der Waals surface area contributed by atoms with E-state index in [1.54, 1.807) is 6.08 Å². The van der Waals surface area contributed by atoms with Crippen molar-refractivity contribution in [1.82, 2.24) is 5.32 Å². The number of hydrogen-bond donors (Lipinski definition) is 1. The van der Waals surface area contributed by atoms with Gasteiger partial charge in [0, 0.05) is 32.6 Å². The molecule has 12 nitrogen and oxygen atoms in total. The van der Waals surface area contributed by atoms with E-state index in [2.05, 4.69) is 10.3 Å². The van der Waals surface area contributed by atoms with E-state index in [1.165, 1.54) is 18.3 Å². The minimum absolute atomic E-state index is 0.142. The molecule has 1 amide bonds. The maximum Gasteiger partial charge on any atom is 0.303 e. The van der Waals surface area contributed by atoms with Crippen LogP contribution in [-0.4, -0.2) is 71.4 Å². The van der Waals surface area contributed by atoms with Crippen LogP contribution in [-0.2, 0) is 47.7 Å². The van der Waals surface area contributed by atoms with Crippen molar-refractivity contribution in [2.45, 2.75) is 57.5 Å². The highest BCUT2D eigenvalue weighted by Crippen LogP contribution is 2.35. The first-order valence-corrected chi connectivity index (χ1v) is 12.4. The van der Waals surface area contributed by atoms with E-state index in [4.69, 9.17) is 23.7 Å². The van der Waals surface area contributed by atoms with Gasteiger partial charge in [-0.2, -0.15) is 0 Å². The Morgan fingerprint density at radius 1 is 1.03 bits per heavy atom. The van der Waals surface area contributed by atoms with Crippen LogP contribution in [0.3, 0.4) is 0 Å². The van der Waals surface area contributed by atoms with E-state index >= 15 is 0 Å². The number of nitrogens with one attached hydrogen (secondary N) is 1. The summed E-state index contributed by atoms with van der Waals surface area (Å²) in [6.07, 6.45) is -3.31. The van der Waals surface area contributed by atoms with Gasteiger partial charge in [0.1, 0.15) is 18.4 Å². The fourth-order valence-corrected chi connectivity index (χ4v) is 5.12. The number of esters is 4. The number of rotatable bonds is 7. The zero-order valence-electron chi connectivity index (χ0n) is 19.7. The average molecular weight is 541 g/mol. The molecule has 3 rings (SSSR count). The molecule has 1 aromatic heterocycles. The smallest absolute Gasteiger partial charge is 0.303 e. The Balaban J connectivity index is 1.94. The minimum atomic E-state index is -1.30. The molecule has 0 radical (unpaired) electrons. The van der Waals surface area contributed by atoms with Gasteiger partial charge < -0.3 is 23.7 Å². The number of carbonyl (C=O) groups is 5. The van der Waals surface area contributed by atoms with Crippen LogP contribution in [0.2, 0.25) is 0 Å². The maximum atomic E-state index is 12.4. The summed E-state index contributed by atoms with van der Waals surface area (Å²) in [5, 5.41) is 4.61. The molecular weight excluding hydrogens is 516 g/mol. The van der Waals surface area contributed by atoms with Gasteiger partial charge in [-0.15, -0.1) is 11.3 Å². The molecule has 2 aliphatic rings. The summed E-state index contributed by atoms with van der Waals surface area (Å²) in [4.78, 5) is 64.6. The molecule has 14 heteroatoms. The monoisotopic (exact) mass is 540 g/mol. The molecule has 0 aliphatic carbocycles. The van der Waals surface area contributed by atoms with Crippen LogP contribution in [0.25, 0.3) is 6.08 Å². The number of thioether (sulfide) groups is 1. The van der Waals surface area contributed by atoms with Gasteiger partial charge in [-0.25, -0.2) is 4.99 Å². The summed E-state index contributed by atoms with van der Waals surface area (Å²) in [6, 6.07) is 3.66. The fourth-order valence-electron chi connectivity index (χ4n) is 3.40. The molecule has 0 spiro atoms. The lowest BCUT2D eigenvalue weighted by molar-refractivity contribution is -0.237. The van der Waals surface area contributed by atoms with Crippen molar-refractivity contribution < 1.29 is 47.7 Å². The van der Waals surface area contributed by atoms with E-state index < -0.39 is 59.6 Å². The lowest BCUT2D eigenvalue weighted by Crippen LogP contribution is -2.61. The van der Waals surface area contributed by atoms with Gasteiger partial charge >= 0.3 is 23.9 Å². The van der Waals surface area contributed by atoms with Gasteiger partial charge in [0.25, 0.3) is 5.91 Å². The molecule has 1 fully saturated rings. The van der Waals surface area contributed by atoms with E-state index in [0.717, 1.165) is 37.4 Å². The summed E-state index contributed by atoms with van der Waals surface area (Å²) in [7, 11) is 0. The summed E-state index contributed by atoms with van der Waals surface area (Å²) < 4.78 is 27.2. The van der Waals surface area contributed by atoms with Gasteiger partial charge in [-0.1, -0.05) is 17.8 Å². The summed E-state index contributed by atoms with van der Waals surface area (Å²) in [5.41, 5.74) is -0.934. The van der Waals surface area contributed by atoms with Crippen molar-refractivity contribution in [3.05, 3.63) is 28.1 Å². The Morgan fingerprint density at radius 2 is 1.67 bits per heavy atom. The highest BCUT2D eigenvalue weighted by Gasteiger charge is 2.53. The van der Waals surface area contributed by atoms with Crippen molar-refractivity contribution in [3.63, 3.8) is 0 Å². The van der Waals surface area contributed by atoms with Crippen molar-refractivity contribution >= 4 is 64.1 Å². The number of carbonyl (C=O) groups excluding carboxylic acids is 5. The molecule has 5 atom stereocenters. The number of aliphatic imine (C=N–C) groups is 1. The van der Waals surface area contributed by atoms with Crippen LogP contribution >= 0.6 is 23.1 Å². The molecular formula is C22H24N2O10S2. The average Bonchev–Trinajstić information content (AvgIpc) is 3.40. The van der Waals surface area contributed by atoms with E-state index in [1.807, 2.05) is 17.5 Å².